The molecule has 6 nitrogen and oxygen atoms in total. The van der Waals surface area contributed by atoms with Crippen molar-refractivity contribution in [2.75, 3.05) is 0 Å². The van der Waals surface area contributed by atoms with Gasteiger partial charge in [0.15, 0.2) is 5.78 Å². The number of hydrogen-bond acceptors (Lipinski definition) is 4. The molecule has 2 aromatic rings. The molecule has 1 amide bonds. The SMILES string of the molecule is CC(=O)C1(NC(=O)c2c(O)c3ccccc3n(C)c2=O)CC1. The topological polar surface area (TPSA) is 88.4 Å². The van der Waals surface area contributed by atoms with Crippen LogP contribution in [0.4, 0.5) is 0 Å². The Balaban J connectivity index is 2.13. The lowest BCUT2D eigenvalue weighted by atomic mass is 10.1. The smallest absolute Gasteiger partial charge is 0.267 e. The van der Waals surface area contributed by atoms with Gasteiger partial charge < -0.3 is 15.0 Å². The van der Waals surface area contributed by atoms with Crippen molar-refractivity contribution in [1.82, 2.24) is 9.88 Å². The highest BCUT2D eigenvalue weighted by Gasteiger charge is 2.49. The summed E-state index contributed by atoms with van der Waals surface area (Å²) in [6.45, 7) is 1.41. The first-order chi connectivity index (χ1) is 10.4. The van der Waals surface area contributed by atoms with E-state index in [1.807, 2.05) is 0 Å². The van der Waals surface area contributed by atoms with E-state index in [-0.39, 0.29) is 17.1 Å². The number of aromatic hydroxyl groups is 1. The van der Waals surface area contributed by atoms with Crippen molar-refractivity contribution in [2.24, 2.45) is 7.05 Å². The fourth-order valence-electron chi connectivity index (χ4n) is 2.65. The van der Waals surface area contributed by atoms with Crippen LogP contribution < -0.4 is 10.9 Å². The summed E-state index contributed by atoms with van der Waals surface area (Å²) in [6, 6.07) is 6.79. The number of nitrogens with zero attached hydrogens (tertiary/aromatic N) is 1. The summed E-state index contributed by atoms with van der Waals surface area (Å²) in [5, 5.41) is 13.3. The zero-order chi connectivity index (χ0) is 16.1. The van der Waals surface area contributed by atoms with E-state index in [0.717, 1.165) is 0 Å². The Bertz CT molecular complexity index is 862. The number of fused-ring (bicyclic) bond motifs is 1. The van der Waals surface area contributed by atoms with E-state index in [1.165, 1.54) is 11.5 Å². The number of rotatable bonds is 3. The molecule has 1 aliphatic carbocycles. The second-order valence-corrected chi connectivity index (χ2v) is 5.70. The van der Waals surface area contributed by atoms with Crippen LogP contribution in [0, 0.1) is 0 Å². The van der Waals surface area contributed by atoms with E-state index < -0.39 is 17.0 Å². The second kappa shape index (κ2) is 4.69. The Kier molecular flexibility index (Phi) is 3.05. The van der Waals surface area contributed by atoms with Crippen molar-refractivity contribution in [1.29, 1.82) is 0 Å². The van der Waals surface area contributed by atoms with Gasteiger partial charge in [0, 0.05) is 12.4 Å². The molecule has 0 bridgehead atoms. The van der Waals surface area contributed by atoms with E-state index in [4.69, 9.17) is 0 Å². The van der Waals surface area contributed by atoms with Gasteiger partial charge in [-0.2, -0.15) is 0 Å². The van der Waals surface area contributed by atoms with E-state index in [9.17, 15) is 19.5 Å². The Morgan fingerprint density at radius 2 is 1.91 bits per heavy atom. The van der Waals surface area contributed by atoms with Crippen LogP contribution in [-0.2, 0) is 11.8 Å². The van der Waals surface area contributed by atoms with E-state index >= 15 is 0 Å². The molecule has 1 fully saturated rings. The van der Waals surface area contributed by atoms with Crippen molar-refractivity contribution >= 4 is 22.6 Å². The number of pyridine rings is 1. The van der Waals surface area contributed by atoms with Gasteiger partial charge in [-0.15, -0.1) is 0 Å². The fourth-order valence-corrected chi connectivity index (χ4v) is 2.65. The Labute approximate surface area is 126 Å². The van der Waals surface area contributed by atoms with Gasteiger partial charge in [0.25, 0.3) is 11.5 Å². The maximum absolute atomic E-state index is 12.4. The number of nitrogens with one attached hydrogen (secondary N) is 1. The summed E-state index contributed by atoms with van der Waals surface area (Å²) >= 11 is 0. The van der Waals surface area contributed by atoms with E-state index in [0.29, 0.717) is 23.7 Å². The molecule has 0 atom stereocenters. The number of benzene rings is 1. The number of ketones is 1. The normalized spacial score (nSPS) is 15.5. The highest BCUT2D eigenvalue weighted by molar-refractivity contribution is 6.05. The molecule has 1 aromatic heterocycles. The molecule has 114 valence electrons. The Morgan fingerprint density at radius 1 is 1.27 bits per heavy atom. The number of carbonyl (C=O) groups is 2. The first-order valence-electron chi connectivity index (χ1n) is 7.01. The summed E-state index contributed by atoms with van der Waals surface area (Å²) in [5.74, 6) is -1.20. The third-order valence-electron chi connectivity index (χ3n) is 4.28. The minimum Gasteiger partial charge on any atom is -0.506 e. The predicted molar refractivity (Wildman–Crippen MR) is 81.0 cm³/mol. The van der Waals surface area contributed by atoms with Crippen LogP contribution >= 0.6 is 0 Å². The second-order valence-electron chi connectivity index (χ2n) is 5.70. The lowest BCUT2D eigenvalue weighted by Crippen LogP contribution is -2.44. The third kappa shape index (κ3) is 1.99. The molecule has 1 aliphatic rings. The lowest BCUT2D eigenvalue weighted by Gasteiger charge is -2.16. The van der Waals surface area contributed by atoms with Gasteiger partial charge in [0.2, 0.25) is 0 Å². The van der Waals surface area contributed by atoms with Gasteiger partial charge in [0.1, 0.15) is 11.3 Å². The van der Waals surface area contributed by atoms with Crippen LogP contribution in [0.1, 0.15) is 30.1 Å². The first kappa shape index (κ1) is 14.3. The number of para-hydroxylation sites is 1. The molecule has 1 heterocycles. The molecule has 2 N–H and O–H groups in total. The minimum atomic E-state index is -0.875. The number of aryl methyl sites for hydroxylation is 1. The van der Waals surface area contributed by atoms with Crippen LogP contribution in [0.15, 0.2) is 29.1 Å². The summed E-state index contributed by atoms with van der Waals surface area (Å²) < 4.78 is 1.32. The Morgan fingerprint density at radius 3 is 2.50 bits per heavy atom. The Hall–Kier alpha value is -2.63. The predicted octanol–water partition coefficient (Wildman–Crippen LogP) is 1.10. The summed E-state index contributed by atoms with van der Waals surface area (Å²) in [7, 11) is 1.54. The van der Waals surface area contributed by atoms with Crippen LogP contribution in [-0.4, -0.2) is 26.9 Å². The number of carbonyl (C=O) groups excluding carboxylic acids is 2. The minimum absolute atomic E-state index is 0.141. The highest BCUT2D eigenvalue weighted by atomic mass is 16.3. The zero-order valence-corrected chi connectivity index (χ0v) is 12.3. The third-order valence-corrected chi connectivity index (χ3v) is 4.28. The van der Waals surface area contributed by atoms with Crippen LogP contribution in [0.25, 0.3) is 10.9 Å². The number of amides is 1. The van der Waals surface area contributed by atoms with Crippen LogP contribution in [0.5, 0.6) is 5.75 Å². The van der Waals surface area contributed by atoms with Gasteiger partial charge in [0.05, 0.1) is 11.1 Å². The van der Waals surface area contributed by atoms with Crippen molar-refractivity contribution in [3.8, 4) is 5.75 Å². The van der Waals surface area contributed by atoms with E-state index in [1.54, 1.807) is 31.3 Å². The van der Waals surface area contributed by atoms with Crippen molar-refractivity contribution < 1.29 is 14.7 Å². The first-order valence-corrected chi connectivity index (χ1v) is 7.01. The number of aromatic nitrogens is 1. The zero-order valence-electron chi connectivity index (χ0n) is 12.3. The fraction of sp³-hybridized carbons (Fsp3) is 0.312. The quantitative estimate of drug-likeness (QED) is 0.888. The van der Waals surface area contributed by atoms with Gasteiger partial charge in [-0.1, -0.05) is 12.1 Å². The standard InChI is InChI=1S/C16H16N2O4/c1-9(19)16(7-8-16)17-14(21)12-13(20)10-5-3-4-6-11(10)18(2)15(12)22/h3-6,20H,7-8H2,1-2H3,(H,17,21). The average molecular weight is 300 g/mol. The van der Waals surface area contributed by atoms with Crippen LogP contribution in [0.3, 0.4) is 0 Å². The van der Waals surface area contributed by atoms with Crippen LogP contribution in [0.2, 0.25) is 0 Å². The van der Waals surface area contributed by atoms with Gasteiger partial charge in [-0.3, -0.25) is 14.4 Å². The lowest BCUT2D eigenvalue weighted by molar-refractivity contribution is -0.119. The molecule has 1 aromatic carbocycles. The maximum Gasteiger partial charge on any atom is 0.267 e. The maximum atomic E-state index is 12.4. The molecular weight excluding hydrogens is 284 g/mol. The molecule has 22 heavy (non-hydrogen) atoms. The summed E-state index contributed by atoms with van der Waals surface area (Å²) in [5.41, 5.74) is -1.25. The van der Waals surface area contributed by atoms with Gasteiger partial charge in [-0.05, 0) is 31.9 Å². The van der Waals surface area contributed by atoms with Crippen molar-refractivity contribution in [2.45, 2.75) is 25.3 Å². The number of Topliss-reactive ketones (excluding diaryl/α,β-unsaturated/α-hetero) is 1. The highest BCUT2D eigenvalue weighted by Crippen LogP contribution is 2.37. The van der Waals surface area contributed by atoms with Crippen molar-refractivity contribution in [3.63, 3.8) is 0 Å². The summed E-state index contributed by atoms with van der Waals surface area (Å²) in [6.07, 6.45) is 1.12. The molecular formula is C16H16N2O4. The van der Waals surface area contributed by atoms with Gasteiger partial charge in [-0.25, -0.2) is 0 Å². The molecule has 3 rings (SSSR count). The average Bonchev–Trinajstić information content (AvgIpc) is 3.26. The van der Waals surface area contributed by atoms with E-state index in [2.05, 4.69) is 5.32 Å². The summed E-state index contributed by atoms with van der Waals surface area (Å²) in [4.78, 5) is 36.4. The molecule has 0 spiro atoms. The van der Waals surface area contributed by atoms with Gasteiger partial charge >= 0.3 is 0 Å². The molecule has 0 aliphatic heterocycles. The monoisotopic (exact) mass is 300 g/mol. The largest absolute Gasteiger partial charge is 0.506 e. The molecule has 1 saturated carbocycles. The van der Waals surface area contributed by atoms with Crippen molar-refractivity contribution in [3.05, 3.63) is 40.2 Å². The number of hydrogen-bond donors (Lipinski definition) is 2. The molecule has 0 radical (unpaired) electrons. The molecule has 0 saturated heterocycles. The molecule has 6 heteroatoms. The molecule has 0 unspecified atom stereocenters.